The average molecular weight is 481 g/mol. The molecule has 7 heteroatoms. The minimum atomic E-state index is -0.564. The fourth-order valence-electron chi connectivity index (χ4n) is 3.11. The number of hydrogen-bond acceptors (Lipinski definition) is 3. The van der Waals surface area contributed by atoms with Crippen LogP contribution in [0.4, 0.5) is 0 Å². The second kappa shape index (κ2) is 13.0. The van der Waals surface area contributed by atoms with E-state index in [1.165, 1.54) is 0 Å². The Balaban J connectivity index is 2.18. The molecule has 4 nitrogen and oxygen atoms in total. The van der Waals surface area contributed by atoms with Crippen LogP contribution in [0, 0.1) is 0 Å². The van der Waals surface area contributed by atoms with Crippen LogP contribution in [0.1, 0.15) is 44.7 Å². The molecule has 2 unspecified atom stereocenters. The smallest absolute Gasteiger partial charge is 0.243 e. The minimum Gasteiger partial charge on any atom is -0.352 e. The van der Waals surface area contributed by atoms with Gasteiger partial charge in [0.05, 0.1) is 5.75 Å². The first-order valence-corrected chi connectivity index (χ1v) is 12.4. The molecule has 0 bridgehead atoms. The number of amides is 2. The highest BCUT2D eigenvalue weighted by atomic mass is 35.5. The summed E-state index contributed by atoms with van der Waals surface area (Å²) in [7, 11) is 0. The largest absolute Gasteiger partial charge is 0.352 e. The van der Waals surface area contributed by atoms with E-state index in [-0.39, 0.29) is 30.2 Å². The number of nitrogens with zero attached hydrogens (tertiary/aromatic N) is 1. The average Bonchev–Trinajstić information content (AvgIpc) is 2.75. The fourth-order valence-corrected chi connectivity index (χ4v) is 4.45. The normalized spacial score (nSPS) is 12.8. The summed E-state index contributed by atoms with van der Waals surface area (Å²) < 4.78 is 0. The number of halogens is 2. The standard InChI is InChI=1S/C24H30Cl2N2O2S/c1-4-17(3)27-24(30)22(5-2)28(14-19-11-12-20(25)13-21(19)26)23(29)16-31-15-18-9-7-6-8-10-18/h6-13,17,22H,4-5,14-16H2,1-3H3,(H,27,30). The Labute approximate surface area is 199 Å². The van der Waals surface area contributed by atoms with Crippen molar-refractivity contribution in [3.8, 4) is 0 Å². The first kappa shape index (κ1) is 25.6. The monoisotopic (exact) mass is 480 g/mol. The summed E-state index contributed by atoms with van der Waals surface area (Å²) in [5.74, 6) is 0.798. The maximum absolute atomic E-state index is 13.2. The third-order valence-corrected chi connectivity index (χ3v) is 6.66. The molecule has 0 aliphatic carbocycles. The number of thioether (sulfide) groups is 1. The number of benzene rings is 2. The zero-order chi connectivity index (χ0) is 22.8. The molecule has 0 spiro atoms. The lowest BCUT2D eigenvalue weighted by atomic mass is 10.1. The van der Waals surface area contributed by atoms with Gasteiger partial charge in [-0.3, -0.25) is 9.59 Å². The minimum absolute atomic E-state index is 0.0464. The third-order valence-electron chi connectivity index (χ3n) is 5.08. The van der Waals surface area contributed by atoms with Crippen molar-refractivity contribution in [1.29, 1.82) is 0 Å². The molecule has 2 aromatic rings. The molecule has 0 radical (unpaired) electrons. The van der Waals surface area contributed by atoms with E-state index in [2.05, 4.69) is 5.32 Å². The SMILES string of the molecule is CCC(C)NC(=O)C(CC)N(Cc1ccc(Cl)cc1Cl)C(=O)CSCc1ccccc1. The van der Waals surface area contributed by atoms with Crippen molar-refractivity contribution >= 4 is 46.8 Å². The highest BCUT2D eigenvalue weighted by Gasteiger charge is 2.29. The number of rotatable bonds is 11. The maximum Gasteiger partial charge on any atom is 0.243 e. The molecule has 168 valence electrons. The van der Waals surface area contributed by atoms with Crippen molar-refractivity contribution in [2.75, 3.05) is 5.75 Å². The van der Waals surface area contributed by atoms with Crippen LogP contribution in [0.3, 0.4) is 0 Å². The van der Waals surface area contributed by atoms with Gasteiger partial charge in [0.2, 0.25) is 11.8 Å². The predicted molar refractivity (Wildman–Crippen MR) is 132 cm³/mol. The quantitative estimate of drug-likeness (QED) is 0.432. The van der Waals surface area contributed by atoms with E-state index in [1.807, 2.05) is 51.1 Å². The molecule has 0 saturated heterocycles. The highest BCUT2D eigenvalue weighted by molar-refractivity contribution is 7.99. The number of carbonyl (C=O) groups is 2. The van der Waals surface area contributed by atoms with Gasteiger partial charge in [0, 0.05) is 28.4 Å². The van der Waals surface area contributed by atoms with E-state index in [0.29, 0.717) is 16.5 Å². The van der Waals surface area contributed by atoms with Crippen LogP contribution in [0.15, 0.2) is 48.5 Å². The Bertz CT molecular complexity index is 864. The molecule has 0 heterocycles. The van der Waals surface area contributed by atoms with Gasteiger partial charge in [-0.05, 0) is 43.0 Å². The number of carbonyl (C=O) groups excluding carboxylic acids is 2. The lowest BCUT2D eigenvalue weighted by molar-refractivity contribution is -0.139. The molecule has 0 aliphatic rings. The van der Waals surface area contributed by atoms with Gasteiger partial charge in [0.15, 0.2) is 0 Å². The van der Waals surface area contributed by atoms with Gasteiger partial charge in [-0.2, -0.15) is 0 Å². The van der Waals surface area contributed by atoms with E-state index in [0.717, 1.165) is 23.3 Å². The molecule has 2 rings (SSSR count). The van der Waals surface area contributed by atoms with Crippen molar-refractivity contribution in [2.24, 2.45) is 0 Å². The van der Waals surface area contributed by atoms with E-state index >= 15 is 0 Å². The van der Waals surface area contributed by atoms with Gasteiger partial charge in [-0.1, -0.05) is 73.4 Å². The second-order valence-electron chi connectivity index (χ2n) is 7.48. The van der Waals surface area contributed by atoms with Crippen molar-refractivity contribution < 1.29 is 9.59 Å². The first-order chi connectivity index (χ1) is 14.8. The van der Waals surface area contributed by atoms with Gasteiger partial charge in [0.1, 0.15) is 6.04 Å². The van der Waals surface area contributed by atoms with Gasteiger partial charge in [0.25, 0.3) is 0 Å². The lowest BCUT2D eigenvalue weighted by Crippen LogP contribution is -2.51. The zero-order valence-corrected chi connectivity index (χ0v) is 20.6. The number of nitrogens with one attached hydrogen (secondary N) is 1. The summed E-state index contributed by atoms with van der Waals surface area (Å²) in [6, 6.07) is 14.7. The first-order valence-electron chi connectivity index (χ1n) is 10.5. The molecule has 2 atom stereocenters. The zero-order valence-electron chi connectivity index (χ0n) is 18.2. The molecule has 31 heavy (non-hydrogen) atoms. The van der Waals surface area contributed by atoms with Gasteiger partial charge < -0.3 is 10.2 Å². The second-order valence-corrected chi connectivity index (χ2v) is 9.31. The van der Waals surface area contributed by atoms with Crippen LogP contribution in [0.2, 0.25) is 10.0 Å². The van der Waals surface area contributed by atoms with Crippen molar-refractivity contribution in [2.45, 2.75) is 58.0 Å². The van der Waals surface area contributed by atoms with Crippen LogP contribution >= 0.6 is 35.0 Å². The summed E-state index contributed by atoms with van der Waals surface area (Å²) in [6.07, 6.45) is 1.34. The Morgan fingerprint density at radius 1 is 1.06 bits per heavy atom. The summed E-state index contributed by atoms with van der Waals surface area (Å²) in [5, 5.41) is 4.03. The van der Waals surface area contributed by atoms with E-state index in [4.69, 9.17) is 23.2 Å². The van der Waals surface area contributed by atoms with Crippen LogP contribution < -0.4 is 5.32 Å². The van der Waals surface area contributed by atoms with E-state index < -0.39 is 6.04 Å². The van der Waals surface area contributed by atoms with Crippen molar-refractivity contribution in [3.05, 3.63) is 69.7 Å². The van der Waals surface area contributed by atoms with Crippen molar-refractivity contribution in [3.63, 3.8) is 0 Å². The molecular weight excluding hydrogens is 451 g/mol. The predicted octanol–water partition coefficient (Wildman–Crippen LogP) is 5.95. The van der Waals surface area contributed by atoms with Crippen LogP contribution in [0.5, 0.6) is 0 Å². The molecule has 0 aromatic heterocycles. The van der Waals surface area contributed by atoms with Gasteiger partial charge in [-0.15, -0.1) is 11.8 Å². The van der Waals surface area contributed by atoms with Crippen LogP contribution in [-0.4, -0.2) is 34.6 Å². The van der Waals surface area contributed by atoms with Crippen molar-refractivity contribution in [1.82, 2.24) is 10.2 Å². The lowest BCUT2D eigenvalue weighted by Gasteiger charge is -2.31. The molecule has 2 amide bonds. The molecule has 0 fully saturated rings. The summed E-state index contributed by atoms with van der Waals surface area (Å²) in [4.78, 5) is 27.8. The number of hydrogen-bond donors (Lipinski definition) is 1. The summed E-state index contributed by atoms with van der Waals surface area (Å²) in [5.41, 5.74) is 1.93. The molecule has 0 saturated carbocycles. The molecule has 1 N–H and O–H groups in total. The Kier molecular flexibility index (Phi) is 10.7. The van der Waals surface area contributed by atoms with Crippen LogP contribution in [-0.2, 0) is 21.9 Å². The molecular formula is C24H30Cl2N2O2S. The van der Waals surface area contributed by atoms with E-state index in [9.17, 15) is 9.59 Å². The van der Waals surface area contributed by atoms with E-state index in [1.54, 1.807) is 34.9 Å². The van der Waals surface area contributed by atoms with Gasteiger partial charge >= 0.3 is 0 Å². The summed E-state index contributed by atoms with van der Waals surface area (Å²) in [6.45, 7) is 6.15. The molecule has 2 aromatic carbocycles. The topological polar surface area (TPSA) is 49.4 Å². The highest BCUT2D eigenvalue weighted by Crippen LogP contribution is 2.24. The molecule has 0 aliphatic heterocycles. The third kappa shape index (κ3) is 8.06. The Morgan fingerprint density at radius 2 is 1.77 bits per heavy atom. The van der Waals surface area contributed by atoms with Crippen LogP contribution in [0.25, 0.3) is 0 Å². The van der Waals surface area contributed by atoms with Gasteiger partial charge in [-0.25, -0.2) is 0 Å². The Morgan fingerprint density at radius 3 is 2.39 bits per heavy atom. The summed E-state index contributed by atoms with van der Waals surface area (Å²) >= 11 is 13.9. The maximum atomic E-state index is 13.2. The fraction of sp³-hybridized carbons (Fsp3) is 0.417. The Hall–Kier alpha value is -1.69.